The van der Waals surface area contributed by atoms with E-state index in [9.17, 15) is 0 Å². The highest BCUT2D eigenvalue weighted by Crippen LogP contribution is 2.28. The zero-order chi connectivity index (χ0) is 14.7. The molecule has 2 aromatic rings. The van der Waals surface area contributed by atoms with Gasteiger partial charge in [0.05, 0.1) is 0 Å². The van der Waals surface area contributed by atoms with Crippen molar-refractivity contribution in [2.45, 2.75) is 6.54 Å². The second kappa shape index (κ2) is 6.57. The lowest BCUT2D eigenvalue weighted by Gasteiger charge is -2.23. The van der Waals surface area contributed by atoms with Crippen molar-refractivity contribution in [3.8, 4) is 0 Å². The van der Waals surface area contributed by atoms with Gasteiger partial charge in [-0.3, -0.25) is 0 Å². The molecule has 0 amide bonds. The summed E-state index contributed by atoms with van der Waals surface area (Å²) in [5.74, 6) is 0. The van der Waals surface area contributed by atoms with Gasteiger partial charge in [0.25, 0.3) is 0 Å². The fraction of sp³-hybridized carbons (Fsp3) is 0.133. The van der Waals surface area contributed by atoms with Crippen LogP contribution in [0.25, 0.3) is 0 Å². The van der Waals surface area contributed by atoms with Gasteiger partial charge in [-0.25, -0.2) is 0 Å². The molecule has 0 heterocycles. The fourth-order valence-electron chi connectivity index (χ4n) is 2.07. The molecule has 0 fully saturated rings. The highest BCUT2D eigenvalue weighted by atomic mass is 79.9. The molecule has 0 aliphatic heterocycles. The minimum atomic E-state index is 0.380. The fourth-order valence-corrected chi connectivity index (χ4v) is 3.20. The smallest absolute Gasteiger partial charge is 0.107 e. The van der Waals surface area contributed by atoms with Crippen LogP contribution in [0.5, 0.6) is 0 Å². The molecule has 0 spiro atoms. The molecule has 0 atom stereocenters. The largest absolute Gasteiger partial charge is 0.389 e. The van der Waals surface area contributed by atoms with Gasteiger partial charge in [-0.1, -0.05) is 42.0 Å². The summed E-state index contributed by atoms with van der Waals surface area (Å²) in [6.45, 7) is 0.729. The molecule has 0 radical (unpaired) electrons. The van der Waals surface area contributed by atoms with Crippen LogP contribution in [0.2, 0.25) is 5.02 Å². The first-order chi connectivity index (χ1) is 9.49. The van der Waals surface area contributed by atoms with Crippen molar-refractivity contribution in [1.82, 2.24) is 0 Å². The van der Waals surface area contributed by atoms with E-state index >= 15 is 0 Å². The standard InChI is InChI=1S/C15H14BrClN2S/c1-19(9-10-4-2-5-11(17)8-10)13-7-3-6-12(16)14(13)15(18)20/h2-8H,9H2,1H3,(H2,18,20). The lowest BCUT2D eigenvalue weighted by Crippen LogP contribution is -2.22. The maximum atomic E-state index is 6.01. The molecule has 20 heavy (non-hydrogen) atoms. The summed E-state index contributed by atoms with van der Waals surface area (Å²) < 4.78 is 0.903. The molecule has 0 aromatic heterocycles. The molecule has 2 rings (SSSR count). The Kier molecular flexibility index (Phi) is 5.02. The second-order valence-corrected chi connectivity index (χ2v) is 6.21. The van der Waals surface area contributed by atoms with Crippen molar-refractivity contribution < 1.29 is 0 Å². The Bertz CT molecular complexity index is 646. The molecule has 2 nitrogen and oxygen atoms in total. The normalized spacial score (nSPS) is 10.3. The summed E-state index contributed by atoms with van der Waals surface area (Å²) in [5, 5.41) is 0.736. The van der Waals surface area contributed by atoms with E-state index < -0.39 is 0 Å². The third-order valence-electron chi connectivity index (χ3n) is 2.96. The molecule has 0 unspecified atom stereocenters. The lowest BCUT2D eigenvalue weighted by molar-refractivity contribution is 0.921. The minimum Gasteiger partial charge on any atom is -0.389 e. The van der Waals surface area contributed by atoms with Crippen molar-refractivity contribution in [3.63, 3.8) is 0 Å². The van der Waals surface area contributed by atoms with E-state index in [4.69, 9.17) is 29.6 Å². The summed E-state index contributed by atoms with van der Waals surface area (Å²) in [6, 6.07) is 13.7. The summed E-state index contributed by atoms with van der Waals surface area (Å²) in [5.41, 5.74) is 8.80. The predicted molar refractivity (Wildman–Crippen MR) is 93.6 cm³/mol. The number of benzene rings is 2. The zero-order valence-corrected chi connectivity index (χ0v) is 14.1. The van der Waals surface area contributed by atoms with Gasteiger partial charge in [0, 0.05) is 34.3 Å². The Hall–Kier alpha value is -1.10. The topological polar surface area (TPSA) is 29.3 Å². The third-order valence-corrected chi connectivity index (χ3v) is 4.06. The Morgan fingerprint density at radius 3 is 2.65 bits per heavy atom. The third kappa shape index (κ3) is 3.51. The predicted octanol–water partition coefficient (Wildman–Crippen LogP) is 4.37. The van der Waals surface area contributed by atoms with E-state index in [1.54, 1.807) is 0 Å². The van der Waals surface area contributed by atoms with Gasteiger partial charge < -0.3 is 10.6 Å². The first-order valence-corrected chi connectivity index (χ1v) is 7.61. The summed E-state index contributed by atoms with van der Waals surface area (Å²) >= 11 is 14.7. The number of hydrogen-bond donors (Lipinski definition) is 1. The Morgan fingerprint density at radius 2 is 2.00 bits per heavy atom. The van der Waals surface area contributed by atoms with E-state index in [1.807, 2.05) is 49.5 Å². The van der Waals surface area contributed by atoms with Crippen LogP contribution in [0.15, 0.2) is 46.9 Å². The van der Waals surface area contributed by atoms with Gasteiger partial charge in [0.15, 0.2) is 0 Å². The molecule has 0 bridgehead atoms. The molecular formula is C15H14BrClN2S. The molecule has 2 aromatic carbocycles. The number of nitrogens with two attached hydrogens (primary N) is 1. The van der Waals surface area contributed by atoms with Crippen LogP contribution in [0.1, 0.15) is 11.1 Å². The van der Waals surface area contributed by atoms with E-state index in [-0.39, 0.29) is 0 Å². The highest BCUT2D eigenvalue weighted by molar-refractivity contribution is 9.10. The van der Waals surface area contributed by atoms with Crippen LogP contribution in [-0.2, 0) is 6.54 Å². The van der Waals surface area contributed by atoms with E-state index in [0.29, 0.717) is 4.99 Å². The monoisotopic (exact) mass is 368 g/mol. The maximum absolute atomic E-state index is 6.01. The van der Waals surface area contributed by atoms with Crippen molar-refractivity contribution in [2.75, 3.05) is 11.9 Å². The van der Waals surface area contributed by atoms with E-state index in [0.717, 1.165) is 32.9 Å². The van der Waals surface area contributed by atoms with Gasteiger partial charge in [-0.15, -0.1) is 0 Å². The van der Waals surface area contributed by atoms with Crippen LogP contribution in [0, 0.1) is 0 Å². The van der Waals surface area contributed by atoms with E-state index in [1.165, 1.54) is 0 Å². The average Bonchev–Trinajstić information content (AvgIpc) is 2.37. The first-order valence-electron chi connectivity index (χ1n) is 6.03. The molecule has 5 heteroatoms. The average molecular weight is 370 g/mol. The Morgan fingerprint density at radius 1 is 1.30 bits per heavy atom. The quantitative estimate of drug-likeness (QED) is 0.811. The van der Waals surface area contributed by atoms with Crippen LogP contribution in [-0.4, -0.2) is 12.0 Å². The summed E-state index contributed by atoms with van der Waals surface area (Å²) in [7, 11) is 2.00. The van der Waals surface area contributed by atoms with Crippen molar-refractivity contribution in [1.29, 1.82) is 0 Å². The van der Waals surface area contributed by atoms with Crippen molar-refractivity contribution in [3.05, 3.63) is 63.1 Å². The van der Waals surface area contributed by atoms with Gasteiger partial charge in [0.2, 0.25) is 0 Å². The van der Waals surface area contributed by atoms with Gasteiger partial charge >= 0.3 is 0 Å². The molecular weight excluding hydrogens is 356 g/mol. The van der Waals surface area contributed by atoms with Crippen molar-refractivity contribution >= 4 is 50.4 Å². The Labute approximate surface area is 137 Å². The second-order valence-electron chi connectivity index (χ2n) is 4.48. The SMILES string of the molecule is CN(Cc1cccc(Cl)c1)c1cccc(Br)c1C(N)=S. The number of nitrogens with zero attached hydrogens (tertiary/aromatic N) is 1. The van der Waals surface area contributed by atoms with Crippen molar-refractivity contribution in [2.24, 2.45) is 5.73 Å². The van der Waals surface area contributed by atoms with Gasteiger partial charge in [-0.05, 0) is 45.8 Å². The van der Waals surface area contributed by atoms with Crippen LogP contribution in [0.3, 0.4) is 0 Å². The number of anilines is 1. The van der Waals surface area contributed by atoms with E-state index in [2.05, 4.69) is 20.8 Å². The van der Waals surface area contributed by atoms with Crippen LogP contribution >= 0.6 is 39.7 Å². The molecule has 0 saturated heterocycles. The minimum absolute atomic E-state index is 0.380. The lowest BCUT2D eigenvalue weighted by atomic mass is 10.1. The van der Waals surface area contributed by atoms with Gasteiger partial charge in [-0.2, -0.15) is 0 Å². The Balaban J connectivity index is 2.32. The molecule has 0 saturated carbocycles. The molecule has 2 N–H and O–H groups in total. The highest BCUT2D eigenvalue weighted by Gasteiger charge is 2.13. The van der Waals surface area contributed by atoms with Gasteiger partial charge in [0.1, 0.15) is 4.99 Å². The zero-order valence-electron chi connectivity index (χ0n) is 10.9. The van der Waals surface area contributed by atoms with Crippen LogP contribution in [0.4, 0.5) is 5.69 Å². The molecule has 104 valence electrons. The number of rotatable bonds is 4. The van der Waals surface area contributed by atoms with Crippen LogP contribution < -0.4 is 10.6 Å². The number of halogens is 2. The number of thiocarbonyl (C=S) groups is 1. The maximum Gasteiger partial charge on any atom is 0.107 e. The first kappa shape index (κ1) is 15.3. The number of hydrogen-bond acceptors (Lipinski definition) is 2. The molecule has 0 aliphatic carbocycles. The summed E-state index contributed by atoms with van der Waals surface area (Å²) in [4.78, 5) is 2.48. The molecule has 0 aliphatic rings. The summed E-state index contributed by atoms with van der Waals surface area (Å²) in [6.07, 6.45) is 0.